The molecule has 0 bridgehead atoms. The number of benzene rings is 3. The number of halogens is 2. The van der Waals surface area contributed by atoms with Gasteiger partial charge in [-0.25, -0.2) is 8.96 Å². The summed E-state index contributed by atoms with van der Waals surface area (Å²) in [6.45, 7) is 2.23. The SMILES string of the molecule is Cc1ccc(OP2(=O)Oc3ccccc3CN2c2ccc(F)c(Cl)c2)cc1. The van der Waals surface area contributed by atoms with Crippen molar-refractivity contribution in [3.63, 3.8) is 0 Å². The van der Waals surface area contributed by atoms with Crippen LogP contribution in [0.4, 0.5) is 10.1 Å². The summed E-state index contributed by atoms with van der Waals surface area (Å²) in [5.41, 5.74) is 2.35. The molecule has 1 aliphatic heterocycles. The van der Waals surface area contributed by atoms with Gasteiger partial charge in [0.2, 0.25) is 0 Å². The number of hydrogen-bond donors (Lipinski definition) is 0. The minimum Gasteiger partial charge on any atom is -0.400 e. The summed E-state index contributed by atoms with van der Waals surface area (Å²) in [5, 5.41) is -0.0618. The van der Waals surface area contributed by atoms with Gasteiger partial charge >= 0.3 is 7.75 Å². The molecule has 1 atom stereocenters. The van der Waals surface area contributed by atoms with E-state index in [2.05, 4.69) is 0 Å². The third-order valence-electron chi connectivity index (χ3n) is 4.25. The van der Waals surface area contributed by atoms with Gasteiger partial charge in [-0.3, -0.25) is 4.67 Å². The monoisotopic (exact) mass is 403 g/mol. The molecule has 0 aromatic heterocycles. The van der Waals surface area contributed by atoms with Gasteiger partial charge in [-0.15, -0.1) is 0 Å². The molecule has 0 saturated carbocycles. The number of hydrogen-bond acceptors (Lipinski definition) is 3. The summed E-state index contributed by atoms with van der Waals surface area (Å²) >= 11 is 5.93. The summed E-state index contributed by atoms with van der Waals surface area (Å²) in [7, 11) is -3.80. The highest BCUT2D eigenvalue weighted by Crippen LogP contribution is 2.58. The van der Waals surface area contributed by atoms with E-state index in [-0.39, 0.29) is 11.6 Å². The number of rotatable bonds is 3. The molecule has 1 aliphatic rings. The van der Waals surface area contributed by atoms with Crippen molar-refractivity contribution in [3.05, 3.63) is 88.7 Å². The lowest BCUT2D eigenvalue weighted by Gasteiger charge is -2.36. The normalized spacial score (nSPS) is 18.6. The smallest absolute Gasteiger partial charge is 0.400 e. The van der Waals surface area contributed by atoms with Gasteiger partial charge in [-0.1, -0.05) is 47.5 Å². The largest absolute Gasteiger partial charge is 0.544 e. The highest BCUT2D eigenvalue weighted by Gasteiger charge is 2.42. The number of anilines is 1. The van der Waals surface area contributed by atoms with Crippen LogP contribution < -0.4 is 13.7 Å². The van der Waals surface area contributed by atoms with Crippen molar-refractivity contribution in [2.45, 2.75) is 13.5 Å². The lowest BCUT2D eigenvalue weighted by Crippen LogP contribution is -2.29. The van der Waals surface area contributed by atoms with Gasteiger partial charge in [0.1, 0.15) is 17.3 Å². The predicted molar refractivity (Wildman–Crippen MR) is 104 cm³/mol. The minimum absolute atomic E-state index is 0.0618. The Balaban J connectivity index is 1.78. The number of nitrogens with zero attached hydrogens (tertiary/aromatic N) is 1. The quantitative estimate of drug-likeness (QED) is 0.476. The Morgan fingerprint density at radius 1 is 1.11 bits per heavy atom. The van der Waals surface area contributed by atoms with Gasteiger partial charge in [0.15, 0.2) is 0 Å². The van der Waals surface area contributed by atoms with Gasteiger partial charge < -0.3 is 9.05 Å². The first-order chi connectivity index (χ1) is 12.9. The molecule has 4 nitrogen and oxygen atoms in total. The zero-order chi connectivity index (χ0) is 19.0. The molecule has 3 aromatic carbocycles. The Bertz CT molecular complexity index is 1040. The van der Waals surface area contributed by atoms with Crippen LogP contribution in [0.2, 0.25) is 5.02 Å². The van der Waals surface area contributed by atoms with E-state index in [0.29, 0.717) is 17.2 Å². The Morgan fingerprint density at radius 3 is 2.59 bits per heavy atom. The highest BCUT2D eigenvalue weighted by atomic mass is 35.5. The van der Waals surface area contributed by atoms with Crippen LogP contribution in [0.15, 0.2) is 66.7 Å². The fourth-order valence-corrected chi connectivity index (χ4v) is 4.78. The highest BCUT2D eigenvalue weighted by molar-refractivity contribution is 7.56. The van der Waals surface area contributed by atoms with Crippen molar-refractivity contribution >= 4 is 25.0 Å². The van der Waals surface area contributed by atoms with Crippen LogP contribution in [0.1, 0.15) is 11.1 Å². The van der Waals surface area contributed by atoms with Crippen molar-refractivity contribution in [2.24, 2.45) is 0 Å². The average molecular weight is 404 g/mol. The standard InChI is InChI=1S/C20H16ClFNO3P/c1-14-6-9-17(10-7-14)25-27(24)23(16-8-11-19(22)18(21)12-16)13-15-4-2-3-5-20(15)26-27/h2-12H,13H2,1H3. The van der Waals surface area contributed by atoms with Gasteiger partial charge in [0, 0.05) is 5.56 Å². The first-order valence-corrected chi connectivity index (χ1v) is 10.2. The molecule has 0 radical (unpaired) electrons. The second-order valence-electron chi connectivity index (χ2n) is 6.23. The van der Waals surface area contributed by atoms with Crippen LogP contribution in [-0.4, -0.2) is 0 Å². The van der Waals surface area contributed by atoms with Crippen molar-refractivity contribution in [1.29, 1.82) is 0 Å². The van der Waals surface area contributed by atoms with Gasteiger partial charge in [-0.05, 0) is 43.3 Å². The minimum atomic E-state index is -3.80. The van der Waals surface area contributed by atoms with Gasteiger partial charge in [0.25, 0.3) is 0 Å². The first kappa shape index (κ1) is 17.9. The zero-order valence-corrected chi connectivity index (χ0v) is 16.1. The summed E-state index contributed by atoms with van der Waals surface area (Å²) < 4.78 is 40.4. The second-order valence-corrected chi connectivity index (χ2v) is 8.42. The van der Waals surface area contributed by atoms with Crippen LogP contribution in [0.5, 0.6) is 11.5 Å². The summed E-state index contributed by atoms with van der Waals surface area (Å²) in [4.78, 5) is 0. The van der Waals surface area contributed by atoms with Crippen molar-refractivity contribution in [2.75, 3.05) is 4.67 Å². The molecule has 7 heteroatoms. The van der Waals surface area contributed by atoms with Crippen LogP contribution in [-0.2, 0) is 11.1 Å². The fourth-order valence-electron chi connectivity index (χ4n) is 2.82. The third-order valence-corrected chi connectivity index (χ3v) is 6.37. The van der Waals surface area contributed by atoms with E-state index < -0.39 is 13.6 Å². The Labute approximate surface area is 161 Å². The average Bonchev–Trinajstić information content (AvgIpc) is 2.65. The second kappa shape index (κ2) is 6.91. The molecule has 1 unspecified atom stereocenters. The molecule has 0 N–H and O–H groups in total. The molecular formula is C20H16ClFNO3P. The summed E-state index contributed by atoms with van der Waals surface area (Å²) in [6, 6.07) is 18.6. The molecule has 0 amide bonds. The van der Waals surface area contributed by atoms with Crippen molar-refractivity contribution in [3.8, 4) is 11.5 Å². The van der Waals surface area contributed by atoms with E-state index in [4.69, 9.17) is 20.6 Å². The maximum absolute atomic E-state index is 13.7. The van der Waals surface area contributed by atoms with Crippen molar-refractivity contribution < 1.29 is 18.0 Å². The third kappa shape index (κ3) is 3.53. The van der Waals surface area contributed by atoms with E-state index in [1.807, 2.05) is 31.2 Å². The van der Waals surface area contributed by atoms with Crippen LogP contribution in [0.25, 0.3) is 0 Å². The van der Waals surface area contributed by atoms with Crippen LogP contribution in [0.3, 0.4) is 0 Å². The molecule has 138 valence electrons. The number of fused-ring (bicyclic) bond motifs is 1. The Hall–Kier alpha value is -2.49. The maximum atomic E-state index is 13.7. The molecule has 0 saturated heterocycles. The van der Waals surface area contributed by atoms with Crippen molar-refractivity contribution in [1.82, 2.24) is 0 Å². The molecule has 3 aromatic rings. The maximum Gasteiger partial charge on any atom is 0.544 e. The van der Waals surface area contributed by atoms with Crippen LogP contribution >= 0.6 is 19.3 Å². The molecule has 0 spiro atoms. The number of aryl methyl sites for hydroxylation is 1. The fraction of sp³-hybridized carbons (Fsp3) is 0.100. The van der Waals surface area contributed by atoms with E-state index >= 15 is 0 Å². The Morgan fingerprint density at radius 2 is 1.85 bits per heavy atom. The lowest BCUT2D eigenvalue weighted by molar-refractivity contribution is 0.370. The molecule has 0 fully saturated rings. The summed E-state index contributed by atoms with van der Waals surface area (Å²) in [5.74, 6) is 0.368. The zero-order valence-electron chi connectivity index (χ0n) is 14.4. The van der Waals surface area contributed by atoms with E-state index in [9.17, 15) is 8.96 Å². The van der Waals surface area contributed by atoms with E-state index in [0.717, 1.165) is 11.1 Å². The first-order valence-electron chi connectivity index (χ1n) is 8.31. The lowest BCUT2D eigenvalue weighted by atomic mass is 10.2. The molecule has 4 rings (SSSR count). The molecular weight excluding hydrogens is 388 g/mol. The topological polar surface area (TPSA) is 38.8 Å². The summed E-state index contributed by atoms with van der Waals surface area (Å²) in [6.07, 6.45) is 0. The number of para-hydroxylation sites is 1. The Kier molecular flexibility index (Phi) is 4.58. The van der Waals surface area contributed by atoms with Gasteiger partial charge in [0.05, 0.1) is 17.3 Å². The predicted octanol–water partition coefficient (Wildman–Crippen LogP) is 6.37. The van der Waals surface area contributed by atoms with Crippen LogP contribution in [0, 0.1) is 12.7 Å². The van der Waals surface area contributed by atoms with E-state index in [1.54, 1.807) is 24.3 Å². The van der Waals surface area contributed by atoms with Gasteiger partial charge in [-0.2, -0.15) is 0 Å². The van der Waals surface area contributed by atoms with E-state index in [1.165, 1.54) is 22.9 Å². The molecule has 1 heterocycles. The molecule has 0 aliphatic carbocycles. The molecule has 27 heavy (non-hydrogen) atoms.